The third-order valence-electron chi connectivity index (χ3n) is 3.68. The zero-order chi connectivity index (χ0) is 17.5. The lowest BCUT2D eigenvalue weighted by molar-refractivity contribution is 0.184. The van der Waals surface area contributed by atoms with Crippen LogP contribution in [0.4, 0.5) is 10.2 Å². The predicted molar refractivity (Wildman–Crippen MR) is 96.6 cm³/mol. The van der Waals surface area contributed by atoms with Gasteiger partial charge in [-0.15, -0.1) is 0 Å². The van der Waals surface area contributed by atoms with Crippen molar-refractivity contribution in [2.45, 2.75) is 13.0 Å². The van der Waals surface area contributed by atoms with Crippen molar-refractivity contribution < 1.29 is 9.13 Å². The number of para-hydroxylation sites is 1. The molecule has 0 atom stereocenters. The SMILES string of the molecule is COCc1cc(F)ccc1C#CCCNc1ncnc2ccccc12. The number of fused-ring (bicyclic) bond motifs is 1. The van der Waals surface area contributed by atoms with E-state index in [9.17, 15) is 4.39 Å². The molecule has 0 saturated heterocycles. The number of nitrogens with one attached hydrogen (secondary N) is 1. The van der Waals surface area contributed by atoms with E-state index in [0.29, 0.717) is 19.6 Å². The van der Waals surface area contributed by atoms with E-state index in [0.717, 1.165) is 27.8 Å². The highest BCUT2D eigenvalue weighted by molar-refractivity contribution is 5.88. The van der Waals surface area contributed by atoms with E-state index in [2.05, 4.69) is 27.1 Å². The summed E-state index contributed by atoms with van der Waals surface area (Å²) in [5, 5.41) is 4.27. The first-order valence-electron chi connectivity index (χ1n) is 7.98. The van der Waals surface area contributed by atoms with Gasteiger partial charge >= 0.3 is 0 Å². The summed E-state index contributed by atoms with van der Waals surface area (Å²) in [6.07, 6.45) is 2.19. The molecule has 1 aromatic heterocycles. The van der Waals surface area contributed by atoms with Crippen LogP contribution in [0.3, 0.4) is 0 Å². The average Bonchev–Trinajstić information content (AvgIpc) is 2.63. The first kappa shape index (κ1) is 16.9. The summed E-state index contributed by atoms with van der Waals surface area (Å²) in [7, 11) is 1.58. The van der Waals surface area contributed by atoms with Gasteiger partial charge in [0.15, 0.2) is 0 Å². The Morgan fingerprint density at radius 3 is 2.92 bits per heavy atom. The summed E-state index contributed by atoms with van der Waals surface area (Å²) >= 11 is 0. The zero-order valence-electron chi connectivity index (χ0n) is 13.9. The molecule has 0 fully saturated rings. The van der Waals surface area contributed by atoms with Crippen LogP contribution in [0.2, 0.25) is 0 Å². The van der Waals surface area contributed by atoms with Gasteiger partial charge in [-0.2, -0.15) is 0 Å². The molecular weight excluding hydrogens is 317 g/mol. The summed E-state index contributed by atoms with van der Waals surface area (Å²) in [4.78, 5) is 8.52. The maximum Gasteiger partial charge on any atom is 0.137 e. The van der Waals surface area contributed by atoms with Gasteiger partial charge in [0.05, 0.1) is 12.1 Å². The highest BCUT2D eigenvalue weighted by Crippen LogP contribution is 2.18. The van der Waals surface area contributed by atoms with E-state index in [-0.39, 0.29) is 5.82 Å². The van der Waals surface area contributed by atoms with Crippen LogP contribution in [-0.2, 0) is 11.3 Å². The standard InChI is InChI=1S/C20H18FN3O/c1-25-13-16-12-17(21)10-9-15(16)6-4-5-11-22-20-18-7-2-3-8-19(18)23-14-24-20/h2-3,7-10,12,14H,5,11,13H2,1H3,(H,22,23,24). The summed E-state index contributed by atoms with van der Waals surface area (Å²) in [5.41, 5.74) is 2.45. The molecule has 0 amide bonds. The van der Waals surface area contributed by atoms with Crippen molar-refractivity contribution in [1.29, 1.82) is 0 Å². The topological polar surface area (TPSA) is 47.0 Å². The van der Waals surface area contributed by atoms with E-state index in [4.69, 9.17) is 4.74 Å². The van der Waals surface area contributed by atoms with Crippen molar-refractivity contribution >= 4 is 16.7 Å². The van der Waals surface area contributed by atoms with Crippen molar-refractivity contribution in [1.82, 2.24) is 9.97 Å². The van der Waals surface area contributed by atoms with Crippen molar-refractivity contribution in [3.05, 3.63) is 65.7 Å². The van der Waals surface area contributed by atoms with Gasteiger partial charge in [0.25, 0.3) is 0 Å². The predicted octanol–water partition coefficient (Wildman–Crippen LogP) is 3.77. The van der Waals surface area contributed by atoms with Crippen LogP contribution in [0.5, 0.6) is 0 Å². The van der Waals surface area contributed by atoms with Crippen molar-refractivity contribution in [2.75, 3.05) is 19.0 Å². The van der Waals surface area contributed by atoms with Crippen molar-refractivity contribution in [2.24, 2.45) is 0 Å². The van der Waals surface area contributed by atoms with Crippen LogP contribution in [0.15, 0.2) is 48.8 Å². The molecule has 3 aromatic rings. The Hall–Kier alpha value is -2.97. The molecule has 5 heteroatoms. The van der Waals surface area contributed by atoms with Crippen LogP contribution in [-0.4, -0.2) is 23.6 Å². The van der Waals surface area contributed by atoms with Crippen LogP contribution >= 0.6 is 0 Å². The summed E-state index contributed by atoms with van der Waals surface area (Å²) in [6, 6.07) is 12.4. The lowest BCUT2D eigenvalue weighted by Crippen LogP contribution is -2.03. The van der Waals surface area contributed by atoms with Gasteiger partial charge in [-0.05, 0) is 35.9 Å². The number of benzene rings is 2. The number of aromatic nitrogens is 2. The maximum atomic E-state index is 13.3. The molecular formula is C20H18FN3O. The number of methoxy groups -OCH3 is 1. The minimum absolute atomic E-state index is 0.282. The number of anilines is 1. The second-order valence-corrected chi connectivity index (χ2v) is 5.45. The highest BCUT2D eigenvalue weighted by atomic mass is 19.1. The number of rotatable bonds is 5. The van der Waals surface area contributed by atoms with Gasteiger partial charge in [0.2, 0.25) is 0 Å². The van der Waals surface area contributed by atoms with Crippen LogP contribution in [0, 0.1) is 17.7 Å². The second kappa shape index (κ2) is 8.22. The fourth-order valence-corrected chi connectivity index (χ4v) is 2.51. The molecule has 4 nitrogen and oxygen atoms in total. The maximum absolute atomic E-state index is 13.3. The lowest BCUT2D eigenvalue weighted by atomic mass is 10.1. The van der Waals surface area contributed by atoms with Crippen molar-refractivity contribution in [3.8, 4) is 11.8 Å². The largest absolute Gasteiger partial charge is 0.380 e. The van der Waals surface area contributed by atoms with E-state index < -0.39 is 0 Å². The van der Waals surface area contributed by atoms with Crippen LogP contribution < -0.4 is 5.32 Å². The molecule has 0 spiro atoms. The Bertz CT molecular complexity index is 926. The monoisotopic (exact) mass is 335 g/mol. The Morgan fingerprint density at radius 2 is 2.04 bits per heavy atom. The number of halogens is 1. The number of nitrogens with zero attached hydrogens (tertiary/aromatic N) is 2. The van der Waals surface area contributed by atoms with Crippen LogP contribution in [0.25, 0.3) is 10.9 Å². The van der Waals surface area contributed by atoms with Gasteiger partial charge < -0.3 is 10.1 Å². The smallest absolute Gasteiger partial charge is 0.137 e. The molecule has 0 radical (unpaired) electrons. The highest BCUT2D eigenvalue weighted by Gasteiger charge is 2.02. The Morgan fingerprint density at radius 1 is 1.16 bits per heavy atom. The van der Waals surface area contributed by atoms with E-state index in [1.54, 1.807) is 19.5 Å². The van der Waals surface area contributed by atoms with E-state index in [1.165, 1.54) is 12.1 Å². The van der Waals surface area contributed by atoms with Gasteiger partial charge in [-0.25, -0.2) is 14.4 Å². The molecule has 0 saturated carbocycles. The molecule has 0 unspecified atom stereocenters. The average molecular weight is 335 g/mol. The van der Waals surface area contributed by atoms with E-state index >= 15 is 0 Å². The van der Waals surface area contributed by atoms with Crippen LogP contribution in [0.1, 0.15) is 17.5 Å². The van der Waals surface area contributed by atoms with Crippen molar-refractivity contribution in [3.63, 3.8) is 0 Å². The summed E-state index contributed by atoms with van der Waals surface area (Å²) in [6.45, 7) is 1.00. The molecule has 0 aliphatic heterocycles. The van der Waals surface area contributed by atoms with Gasteiger partial charge in [0.1, 0.15) is 18.0 Å². The number of ether oxygens (including phenoxy) is 1. The van der Waals surface area contributed by atoms with E-state index in [1.807, 2.05) is 24.3 Å². The summed E-state index contributed by atoms with van der Waals surface area (Å²) in [5.74, 6) is 6.70. The number of hydrogen-bond acceptors (Lipinski definition) is 4. The Kier molecular flexibility index (Phi) is 5.55. The number of hydrogen-bond donors (Lipinski definition) is 1. The van der Waals surface area contributed by atoms with Gasteiger partial charge in [-0.1, -0.05) is 24.0 Å². The fraction of sp³-hybridized carbons (Fsp3) is 0.200. The first-order valence-corrected chi connectivity index (χ1v) is 7.98. The lowest BCUT2D eigenvalue weighted by Gasteiger charge is -2.06. The minimum atomic E-state index is -0.282. The first-order chi connectivity index (χ1) is 12.3. The third kappa shape index (κ3) is 4.31. The zero-order valence-corrected chi connectivity index (χ0v) is 13.9. The molecule has 0 aliphatic rings. The molecule has 3 rings (SSSR count). The minimum Gasteiger partial charge on any atom is -0.380 e. The molecule has 126 valence electrons. The molecule has 25 heavy (non-hydrogen) atoms. The van der Waals surface area contributed by atoms with Gasteiger partial charge in [0, 0.05) is 31.0 Å². The Labute approximate surface area is 146 Å². The normalized spacial score (nSPS) is 10.3. The third-order valence-corrected chi connectivity index (χ3v) is 3.68. The molecule has 0 aliphatic carbocycles. The van der Waals surface area contributed by atoms with Gasteiger partial charge in [-0.3, -0.25) is 0 Å². The Balaban J connectivity index is 1.63. The molecule has 2 aromatic carbocycles. The molecule has 1 N–H and O–H groups in total. The summed E-state index contributed by atoms with van der Waals surface area (Å²) < 4.78 is 18.4. The molecule has 0 bridgehead atoms. The molecule has 1 heterocycles. The second-order valence-electron chi connectivity index (χ2n) is 5.45. The fourth-order valence-electron chi connectivity index (χ4n) is 2.51. The quantitative estimate of drug-likeness (QED) is 0.569.